The van der Waals surface area contributed by atoms with Crippen molar-refractivity contribution in [3.8, 4) is 11.3 Å². The number of aliphatic hydroxyl groups is 1. The topological polar surface area (TPSA) is 116 Å². The molecule has 0 amide bonds. The van der Waals surface area contributed by atoms with E-state index in [0.717, 1.165) is 17.7 Å². The smallest absolute Gasteiger partial charge is 0.194 e. The molecule has 3 heterocycles. The van der Waals surface area contributed by atoms with Crippen LogP contribution in [0.2, 0.25) is 0 Å². The maximum Gasteiger partial charge on any atom is 0.194 e. The van der Waals surface area contributed by atoms with Gasteiger partial charge in [-0.3, -0.25) is 0 Å². The van der Waals surface area contributed by atoms with Crippen LogP contribution in [-0.2, 0) is 33.2 Å². The van der Waals surface area contributed by atoms with E-state index in [-0.39, 0.29) is 31.5 Å². The lowest BCUT2D eigenvalue weighted by Gasteiger charge is -2.50. The summed E-state index contributed by atoms with van der Waals surface area (Å²) in [7, 11) is 2.89. The number of aromatic nitrogens is 3. The van der Waals surface area contributed by atoms with Gasteiger partial charge in [-0.2, -0.15) is 0 Å². The van der Waals surface area contributed by atoms with Gasteiger partial charge in [-0.25, -0.2) is 17.9 Å². The molecule has 0 bridgehead atoms. The molecule has 1 N–H and O–H groups in total. The molecule has 41 heavy (non-hydrogen) atoms. The Hall–Kier alpha value is -2.95. The third-order valence-corrected chi connectivity index (χ3v) is 6.88. The van der Waals surface area contributed by atoms with Gasteiger partial charge in [0, 0.05) is 25.3 Å². The summed E-state index contributed by atoms with van der Waals surface area (Å²) in [5, 5.41) is 18.5. The molecule has 2 aliphatic rings. The van der Waals surface area contributed by atoms with Crippen molar-refractivity contribution in [1.29, 1.82) is 0 Å². The second-order valence-corrected chi connectivity index (χ2v) is 9.48. The average molecular weight is 582 g/mol. The van der Waals surface area contributed by atoms with Crippen LogP contribution in [0.1, 0.15) is 17.9 Å². The van der Waals surface area contributed by atoms with Gasteiger partial charge in [0.1, 0.15) is 55.8 Å². The zero-order valence-corrected chi connectivity index (χ0v) is 22.3. The predicted octanol–water partition coefficient (Wildman–Crippen LogP) is 2.76. The van der Waals surface area contributed by atoms with Crippen LogP contribution in [0.15, 0.2) is 48.7 Å². The highest BCUT2D eigenvalue weighted by Gasteiger charge is 2.54. The van der Waals surface area contributed by atoms with Crippen LogP contribution in [0.25, 0.3) is 11.3 Å². The van der Waals surface area contributed by atoms with Gasteiger partial charge in [-0.15, -0.1) is 5.10 Å². The second-order valence-electron chi connectivity index (χ2n) is 9.48. The summed E-state index contributed by atoms with van der Waals surface area (Å²) in [5.74, 6) is -4.30. The second kappa shape index (κ2) is 13.4. The Morgan fingerprint density at radius 2 is 1.78 bits per heavy atom. The summed E-state index contributed by atoms with van der Waals surface area (Å²) >= 11 is 0. The lowest BCUT2D eigenvalue weighted by Crippen LogP contribution is -2.63. The van der Waals surface area contributed by atoms with Crippen molar-refractivity contribution in [2.24, 2.45) is 0 Å². The summed E-state index contributed by atoms with van der Waals surface area (Å²) < 4.78 is 83.7. The number of hydrogen-bond donors (Lipinski definition) is 1. The molecule has 7 atom stereocenters. The number of halogens is 3. The van der Waals surface area contributed by atoms with Gasteiger partial charge >= 0.3 is 0 Å². The number of rotatable bonds is 11. The SMILES string of the molecule is COCOC1[C@H]([C@@H](CO)OCOC)OC2COC(c3ccccc3)O[C@@H]2[C@@H]1n1cc(-c2cc(F)c(F)c(F)c2)nn1. The monoisotopic (exact) mass is 581 g/mol. The first-order valence-electron chi connectivity index (χ1n) is 12.8. The van der Waals surface area contributed by atoms with Gasteiger partial charge in [0.2, 0.25) is 0 Å². The Bertz CT molecular complexity index is 1260. The van der Waals surface area contributed by atoms with Crippen LogP contribution in [0.5, 0.6) is 0 Å². The molecule has 0 radical (unpaired) electrons. The molecule has 2 fully saturated rings. The van der Waals surface area contributed by atoms with Gasteiger partial charge < -0.3 is 38.3 Å². The fourth-order valence-corrected chi connectivity index (χ4v) is 5.01. The van der Waals surface area contributed by atoms with Crippen LogP contribution in [-0.4, -0.2) is 91.6 Å². The third kappa shape index (κ3) is 6.29. The quantitative estimate of drug-likeness (QED) is 0.268. The van der Waals surface area contributed by atoms with Crippen LogP contribution < -0.4 is 0 Å². The van der Waals surface area contributed by atoms with Crippen molar-refractivity contribution >= 4 is 0 Å². The van der Waals surface area contributed by atoms with Crippen molar-refractivity contribution < 1.29 is 51.4 Å². The van der Waals surface area contributed by atoms with Crippen LogP contribution in [0.3, 0.4) is 0 Å². The predicted molar refractivity (Wildman–Crippen MR) is 134 cm³/mol. The van der Waals surface area contributed by atoms with Gasteiger partial charge in [-0.1, -0.05) is 35.5 Å². The molecule has 2 aromatic carbocycles. The normalized spacial score (nSPS) is 27.0. The van der Waals surface area contributed by atoms with Crippen molar-refractivity contribution in [3.63, 3.8) is 0 Å². The summed E-state index contributed by atoms with van der Waals surface area (Å²) in [6, 6.07) is 10.2. The molecule has 222 valence electrons. The highest BCUT2D eigenvalue weighted by molar-refractivity contribution is 5.58. The van der Waals surface area contributed by atoms with E-state index in [1.807, 2.05) is 30.3 Å². The van der Waals surface area contributed by atoms with E-state index >= 15 is 0 Å². The van der Waals surface area contributed by atoms with Crippen molar-refractivity contribution in [1.82, 2.24) is 15.0 Å². The van der Waals surface area contributed by atoms with Crippen molar-refractivity contribution in [3.05, 3.63) is 71.7 Å². The van der Waals surface area contributed by atoms with Gasteiger partial charge in [0.15, 0.2) is 23.7 Å². The minimum absolute atomic E-state index is 0.0195. The Morgan fingerprint density at radius 3 is 2.46 bits per heavy atom. The molecule has 14 heteroatoms. The molecule has 0 saturated carbocycles. The zero-order valence-electron chi connectivity index (χ0n) is 22.3. The molecule has 2 aliphatic heterocycles. The standard InChI is InChI=1S/C27H30F3N3O8/c1-35-13-38-20(11-34)25-26(39-14-36-2)23(24-21(40-25)12-37-27(41-24)15-6-4-3-5-7-15)33-10-19(31-32-33)16-8-17(28)22(30)18(29)9-16/h3-10,20-21,23-27,34H,11-14H2,1-2H3/t20-,21?,23+,24+,25+,26?,27?/m1/s1. The highest BCUT2D eigenvalue weighted by atomic mass is 19.2. The summed E-state index contributed by atoms with van der Waals surface area (Å²) in [6.45, 7) is -0.600. The summed E-state index contributed by atoms with van der Waals surface area (Å²) in [5.41, 5.74) is 0.831. The molecule has 0 spiro atoms. The Labute approximate surface area is 233 Å². The number of benzene rings is 2. The van der Waals surface area contributed by atoms with E-state index in [9.17, 15) is 18.3 Å². The van der Waals surface area contributed by atoms with E-state index in [0.29, 0.717) is 0 Å². The van der Waals surface area contributed by atoms with E-state index in [2.05, 4.69) is 10.3 Å². The third-order valence-electron chi connectivity index (χ3n) is 6.88. The highest BCUT2D eigenvalue weighted by Crippen LogP contribution is 2.41. The van der Waals surface area contributed by atoms with Gasteiger partial charge in [0.25, 0.3) is 0 Å². The fraction of sp³-hybridized carbons (Fsp3) is 0.481. The van der Waals surface area contributed by atoms with E-state index < -0.39 is 66.9 Å². The molecular weight excluding hydrogens is 551 g/mol. The molecular formula is C27H30F3N3O8. The first kappa shape index (κ1) is 29.5. The lowest BCUT2D eigenvalue weighted by molar-refractivity contribution is -0.336. The number of fused-ring (bicyclic) bond motifs is 1. The first-order valence-corrected chi connectivity index (χ1v) is 12.8. The molecule has 2 saturated heterocycles. The van der Waals surface area contributed by atoms with Crippen molar-refractivity contribution in [2.75, 3.05) is 41.0 Å². The number of ether oxygens (including phenoxy) is 7. The lowest BCUT2D eigenvalue weighted by atomic mass is 9.89. The summed E-state index contributed by atoms with van der Waals surface area (Å²) in [4.78, 5) is 0. The van der Waals surface area contributed by atoms with Gasteiger partial charge in [-0.05, 0) is 12.1 Å². The molecule has 1 aromatic heterocycles. The molecule has 3 unspecified atom stereocenters. The van der Waals surface area contributed by atoms with Gasteiger partial charge in [0.05, 0.1) is 19.4 Å². The van der Waals surface area contributed by atoms with E-state index in [1.54, 1.807) is 0 Å². The van der Waals surface area contributed by atoms with Crippen molar-refractivity contribution in [2.45, 2.75) is 42.9 Å². The number of hydrogen-bond acceptors (Lipinski definition) is 10. The zero-order chi connectivity index (χ0) is 28.9. The maximum absolute atomic E-state index is 14.0. The molecule has 0 aliphatic carbocycles. The number of methoxy groups -OCH3 is 2. The Kier molecular flexibility index (Phi) is 9.62. The van der Waals surface area contributed by atoms with E-state index in [1.165, 1.54) is 25.1 Å². The fourth-order valence-electron chi connectivity index (χ4n) is 5.01. The average Bonchev–Trinajstić information content (AvgIpc) is 3.48. The molecule has 5 rings (SSSR count). The van der Waals surface area contributed by atoms with Crippen LogP contribution in [0, 0.1) is 17.5 Å². The minimum atomic E-state index is -1.59. The Balaban J connectivity index is 1.55. The minimum Gasteiger partial charge on any atom is -0.394 e. The maximum atomic E-state index is 14.0. The largest absolute Gasteiger partial charge is 0.394 e. The van der Waals surface area contributed by atoms with Crippen LogP contribution >= 0.6 is 0 Å². The molecule has 3 aromatic rings. The molecule has 11 nitrogen and oxygen atoms in total. The Morgan fingerprint density at radius 1 is 1.05 bits per heavy atom. The first-order chi connectivity index (χ1) is 19.9. The number of nitrogens with zero attached hydrogens (tertiary/aromatic N) is 3. The number of aliphatic hydroxyl groups excluding tert-OH is 1. The summed E-state index contributed by atoms with van der Waals surface area (Å²) in [6.07, 6.45) is -3.37. The van der Waals surface area contributed by atoms with E-state index in [4.69, 9.17) is 33.2 Å². The van der Waals surface area contributed by atoms with Crippen LogP contribution in [0.4, 0.5) is 13.2 Å².